The Morgan fingerprint density at radius 3 is 2.55 bits per heavy atom. The predicted molar refractivity (Wildman–Crippen MR) is 107 cm³/mol. The maximum atomic E-state index is 12.8. The first-order chi connectivity index (χ1) is 14.0. The fourth-order valence-corrected chi connectivity index (χ4v) is 3.50. The summed E-state index contributed by atoms with van der Waals surface area (Å²) in [6, 6.07) is 14.7. The van der Waals surface area contributed by atoms with Gasteiger partial charge in [-0.05, 0) is 17.7 Å². The minimum absolute atomic E-state index is 0.0424. The highest BCUT2D eigenvalue weighted by Crippen LogP contribution is 2.17. The molecule has 0 saturated carbocycles. The standard InChI is InChI=1S/C21H19N3O5/c25-18-13-20(29-19-7-2-1-6-17(18)19)21(26)23-10-8-22(9-11-23)14-15-4-3-5-16(12-15)24(27)28/h1-7,12-13H,8-11,14H2. The Bertz CT molecular complexity index is 1130. The van der Waals surface area contributed by atoms with Crippen molar-refractivity contribution in [1.29, 1.82) is 0 Å². The second-order valence-corrected chi connectivity index (χ2v) is 6.97. The number of benzene rings is 2. The summed E-state index contributed by atoms with van der Waals surface area (Å²) in [5.41, 5.74) is 1.09. The molecule has 0 radical (unpaired) electrons. The molecule has 0 unspecified atom stereocenters. The molecule has 1 fully saturated rings. The average molecular weight is 393 g/mol. The lowest BCUT2D eigenvalue weighted by molar-refractivity contribution is -0.384. The van der Waals surface area contributed by atoms with Crippen LogP contribution in [-0.2, 0) is 6.54 Å². The van der Waals surface area contributed by atoms with Crippen LogP contribution in [0.4, 0.5) is 5.69 Å². The van der Waals surface area contributed by atoms with E-state index in [-0.39, 0.29) is 22.8 Å². The molecule has 2 aromatic carbocycles. The van der Waals surface area contributed by atoms with E-state index in [1.165, 1.54) is 12.1 Å². The van der Waals surface area contributed by atoms with Crippen LogP contribution < -0.4 is 5.43 Å². The van der Waals surface area contributed by atoms with E-state index in [4.69, 9.17) is 4.42 Å². The van der Waals surface area contributed by atoms with Crippen molar-refractivity contribution in [3.05, 3.63) is 86.3 Å². The molecule has 0 atom stereocenters. The number of piperazine rings is 1. The molecule has 8 heteroatoms. The first kappa shape index (κ1) is 18.8. The Balaban J connectivity index is 1.42. The smallest absolute Gasteiger partial charge is 0.289 e. The lowest BCUT2D eigenvalue weighted by Crippen LogP contribution is -2.48. The molecule has 0 spiro atoms. The van der Waals surface area contributed by atoms with Gasteiger partial charge >= 0.3 is 0 Å². The molecule has 0 N–H and O–H groups in total. The van der Waals surface area contributed by atoms with Gasteiger partial charge < -0.3 is 9.32 Å². The number of carbonyl (C=O) groups is 1. The monoisotopic (exact) mass is 393 g/mol. The number of carbonyl (C=O) groups excluding carboxylic acids is 1. The van der Waals surface area contributed by atoms with Gasteiger partial charge in [0.15, 0.2) is 11.2 Å². The number of nitro groups is 1. The lowest BCUT2D eigenvalue weighted by Gasteiger charge is -2.34. The zero-order valence-corrected chi connectivity index (χ0v) is 15.6. The number of fused-ring (bicyclic) bond motifs is 1. The second kappa shape index (κ2) is 7.84. The average Bonchev–Trinajstić information content (AvgIpc) is 2.74. The molecule has 8 nitrogen and oxygen atoms in total. The summed E-state index contributed by atoms with van der Waals surface area (Å²) in [6.45, 7) is 2.82. The van der Waals surface area contributed by atoms with E-state index >= 15 is 0 Å². The van der Waals surface area contributed by atoms with Gasteiger partial charge in [-0.3, -0.25) is 24.6 Å². The topological polar surface area (TPSA) is 96.9 Å². The minimum atomic E-state index is -0.405. The third kappa shape index (κ3) is 4.02. The third-order valence-corrected chi connectivity index (χ3v) is 5.03. The highest BCUT2D eigenvalue weighted by atomic mass is 16.6. The lowest BCUT2D eigenvalue weighted by atomic mass is 10.1. The fourth-order valence-electron chi connectivity index (χ4n) is 3.50. The largest absolute Gasteiger partial charge is 0.451 e. The van der Waals surface area contributed by atoms with Crippen molar-refractivity contribution in [3.8, 4) is 0 Å². The summed E-state index contributed by atoms with van der Waals surface area (Å²) in [5.74, 6) is -0.260. The molecular weight excluding hydrogens is 374 g/mol. The summed E-state index contributed by atoms with van der Waals surface area (Å²) in [5, 5.41) is 11.4. The van der Waals surface area contributed by atoms with Gasteiger partial charge in [-0.2, -0.15) is 0 Å². The number of amides is 1. The van der Waals surface area contributed by atoms with E-state index in [1.54, 1.807) is 41.3 Å². The minimum Gasteiger partial charge on any atom is -0.451 e. The molecule has 148 valence electrons. The molecule has 1 amide bonds. The summed E-state index contributed by atoms with van der Waals surface area (Å²) in [6.07, 6.45) is 0. The van der Waals surface area contributed by atoms with Gasteiger partial charge in [0.05, 0.1) is 10.3 Å². The van der Waals surface area contributed by atoms with E-state index in [1.807, 2.05) is 6.07 Å². The van der Waals surface area contributed by atoms with Crippen LogP contribution in [0.5, 0.6) is 0 Å². The predicted octanol–water partition coefficient (Wildman–Crippen LogP) is 2.66. The van der Waals surface area contributed by atoms with E-state index in [0.29, 0.717) is 43.7 Å². The number of non-ortho nitro benzene ring substituents is 1. The van der Waals surface area contributed by atoms with Crippen LogP contribution in [0.1, 0.15) is 16.1 Å². The van der Waals surface area contributed by atoms with Crippen molar-refractivity contribution < 1.29 is 14.1 Å². The third-order valence-electron chi connectivity index (χ3n) is 5.03. The van der Waals surface area contributed by atoms with Gasteiger partial charge in [0.1, 0.15) is 5.58 Å². The SMILES string of the molecule is O=C(c1cc(=O)c2ccccc2o1)N1CCN(Cc2cccc([N+](=O)[O-])c2)CC1. The summed E-state index contributed by atoms with van der Waals surface area (Å²) in [7, 11) is 0. The Kier molecular flexibility index (Phi) is 5.09. The Labute approximate surface area is 166 Å². The van der Waals surface area contributed by atoms with Gasteiger partial charge in [0, 0.05) is 50.9 Å². The maximum Gasteiger partial charge on any atom is 0.289 e. The van der Waals surface area contributed by atoms with Gasteiger partial charge in [0.25, 0.3) is 11.6 Å². The van der Waals surface area contributed by atoms with Crippen molar-refractivity contribution in [2.75, 3.05) is 26.2 Å². The first-order valence-electron chi connectivity index (χ1n) is 9.29. The molecule has 1 aromatic heterocycles. The molecule has 1 aliphatic heterocycles. The molecule has 2 heterocycles. The van der Waals surface area contributed by atoms with Gasteiger partial charge in [0.2, 0.25) is 0 Å². The van der Waals surface area contributed by atoms with E-state index < -0.39 is 4.92 Å². The van der Waals surface area contributed by atoms with Crippen LogP contribution in [-0.4, -0.2) is 46.8 Å². The van der Waals surface area contributed by atoms with Crippen molar-refractivity contribution in [1.82, 2.24) is 9.80 Å². The van der Waals surface area contributed by atoms with E-state index in [9.17, 15) is 19.7 Å². The van der Waals surface area contributed by atoms with Crippen LogP contribution in [0.3, 0.4) is 0 Å². The van der Waals surface area contributed by atoms with E-state index in [2.05, 4.69) is 4.90 Å². The zero-order chi connectivity index (χ0) is 20.4. The van der Waals surface area contributed by atoms with Crippen LogP contribution >= 0.6 is 0 Å². The summed E-state index contributed by atoms with van der Waals surface area (Å²) >= 11 is 0. The number of hydrogen-bond acceptors (Lipinski definition) is 6. The molecular formula is C21H19N3O5. The highest BCUT2D eigenvalue weighted by molar-refractivity contribution is 5.93. The fraction of sp³-hybridized carbons (Fsp3) is 0.238. The Morgan fingerprint density at radius 1 is 1.03 bits per heavy atom. The molecule has 3 aromatic rings. The van der Waals surface area contributed by atoms with Crippen molar-refractivity contribution in [3.63, 3.8) is 0 Å². The van der Waals surface area contributed by atoms with Crippen LogP contribution in [0.2, 0.25) is 0 Å². The number of rotatable bonds is 4. The summed E-state index contributed by atoms with van der Waals surface area (Å²) in [4.78, 5) is 39.3. The first-order valence-corrected chi connectivity index (χ1v) is 9.29. The Hall–Kier alpha value is -3.52. The van der Waals surface area contributed by atoms with Crippen molar-refractivity contribution in [2.24, 2.45) is 0 Å². The van der Waals surface area contributed by atoms with Crippen molar-refractivity contribution >= 4 is 22.6 Å². The van der Waals surface area contributed by atoms with E-state index in [0.717, 1.165) is 5.56 Å². The number of nitro benzene ring substituents is 1. The highest BCUT2D eigenvalue weighted by Gasteiger charge is 2.24. The van der Waals surface area contributed by atoms with Gasteiger partial charge in [-0.25, -0.2) is 0 Å². The number of para-hydroxylation sites is 1. The normalized spacial score (nSPS) is 14.8. The zero-order valence-electron chi connectivity index (χ0n) is 15.6. The molecule has 0 bridgehead atoms. The molecule has 4 rings (SSSR count). The summed E-state index contributed by atoms with van der Waals surface area (Å²) < 4.78 is 5.65. The van der Waals surface area contributed by atoms with Gasteiger partial charge in [-0.15, -0.1) is 0 Å². The second-order valence-electron chi connectivity index (χ2n) is 6.97. The van der Waals surface area contributed by atoms with Crippen LogP contribution in [0, 0.1) is 10.1 Å². The maximum absolute atomic E-state index is 12.8. The van der Waals surface area contributed by atoms with Crippen molar-refractivity contribution in [2.45, 2.75) is 6.54 Å². The number of nitrogens with zero attached hydrogens (tertiary/aromatic N) is 3. The molecule has 1 saturated heterocycles. The number of hydrogen-bond donors (Lipinski definition) is 0. The molecule has 29 heavy (non-hydrogen) atoms. The molecule has 0 aliphatic carbocycles. The van der Waals surface area contributed by atoms with Crippen LogP contribution in [0.25, 0.3) is 11.0 Å². The van der Waals surface area contributed by atoms with Crippen LogP contribution in [0.15, 0.2) is 63.8 Å². The van der Waals surface area contributed by atoms with Gasteiger partial charge in [-0.1, -0.05) is 24.3 Å². The Morgan fingerprint density at radius 2 is 1.79 bits per heavy atom. The molecule has 1 aliphatic rings. The quantitative estimate of drug-likeness (QED) is 0.499.